The van der Waals surface area contributed by atoms with Crippen LogP contribution >= 0.6 is 0 Å². The smallest absolute Gasteiger partial charge is 0.220 e. The highest BCUT2D eigenvalue weighted by Crippen LogP contribution is 2.23. The summed E-state index contributed by atoms with van der Waals surface area (Å²) in [5.74, 6) is -0.263. The van der Waals surface area contributed by atoms with E-state index >= 15 is 0 Å². The Bertz CT molecular complexity index is 1090. The molecule has 0 bridgehead atoms. The van der Waals surface area contributed by atoms with E-state index in [2.05, 4.69) is 36.5 Å². The van der Waals surface area contributed by atoms with Crippen molar-refractivity contribution < 1.29 is 44.9 Å². The number of aliphatic hydroxyl groups excluding tert-OH is 6. The maximum atomic E-state index is 13.0. The monoisotopic (exact) mass is 836 g/mol. The Morgan fingerprint density at radius 1 is 0.627 bits per heavy atom. The summed E-state index contributed by atoms with van der Waals surface area (Å²) in [7, 11) is 0. The fraction of sp³-hybridized carbons (Fsp3) is 0.857. The van der Waals surface area contributed by atoms with Crippen LogP contribution in [0, 0.1) is 0 Å². The van der Waals surface area contributed by atoms with E-state index in [4.69, 9.17) is 9.47 Å². The number of rotatable bonds is 39. The van der Waals surface area contributed by atoms with Crippen LogP contribution in [0.4, 0.5) is 0 Å². The van der Waals surface area contributed by atoms with Crippen LogP contribution in [0.3, 0.4) is 0 Å². The molecule has 1 aromatic carbocycles. The third-order valence-electron chi connectivity index (χ3n) is 12.3. The third kappa shape index (κ3) is 25.8. The number of aryl methyl sites for hydroxylation is 1. The minimum Gasteiger partial charge on any atom is -0.394 e. The van der Waals surface area contributed by atoms with E-state index in [-0.39, 0.29) is 18.9 Å². The molecule has 59 heavy (non-hydrogen) atoms. The highest BCUT2D eigenvalue weighted by atomic mass is 16.7. The molecule has 10 heteroatoms. The zero-order chi connectivity index (χ0) is 42.8. The molecule has 0 spiro atoms. The first-order valence-electron chi connectivity index (χ1n) is 24.4. The zero-order valence-electron chi connectivity index (χ0n) is 37.2. The molecule has 0 unspecified atom stereocenters. The van der Waals surface area contributed by atoms with Crippen molar-refractivity contribution in [2.75, 3.05) is 13.2 Å². The van der Waals surface area contributed by atoms with Crippen molar-refractivity contribution in [3.05, 3.63) is 35.9 Å². The van der Waals surface area contributed by atoms with Gasteiger partial charge in [-0.3, -0.25) is 4.79 Å². The van der Waals surface area contributed by atoms with Gasteiger partial charge in [-0.25, -0.2) is 0 Å². The van der Waals surface area contributed by atoms with Gasteiger partial charge in [0.15, 0.2) is 6.29 Å². The molecule has 7 N–H and O–H groups in total. The van der Waals surface area contributed by atoms with Crippen molar-refractivity contribution in [2.24, 2.45) is 0 Å². The van der Waals surface area contributed by atoms with E-state index in [0.29, 0.717) is 12.8 Å². The lowest BCUT2D eigenvalue weighted by atomic mass is 9.98. The standard InChI is InChI=1S/C49H89NO9/c1-2-3-4-5-6-7-8-9-10-11-12-13-14-15-16-17-18-19-20-21-22-26-32-37-44(53)50-41(39-58-49-48(57)47(56)46(55)43(38-51)59-49)45(54)42(52)36-31-25-23-24-28-33-40-34-29-27-30-35-40/h27,29-30,34-35,41-43,45-49,51-52,54-57H,2-26,28,31-33,36-39H2,1H3,(H,50,53)/t41-,42+,43+,45-,46-,47-,48+,49-/m0/s1. The molecular weight excluding hydrogens is 747 g/mol. The summed E-state index contributed by atoms with van der Waals surface area (Å²) in [4.78, 5) is 13.0. The average molecular weight is 836 g/mol. The van der Waals surface area contributed by atoms with Gasteiger partial charge >= 0.3 is 0 Å². The van der Waals surface area contributed by atoms with Crippen molar-refractivity contribution in [1.29, 1.82) is 0 Å². The van der Waals surface area contributed by atoms with Crippen molar-refractivity contribution in [3.8, 4) is 0 Å². The van der Waals surface area contributed by atoms with Crippen LogP contribution in [0.25, 0.3) is 0 Å². The lowest BCUT2D eigenvalue weighted by Gasteiger charge is -2.40. The number of carbonyl (C=O) groups excluding carboxylic acids is 1. The number of hydrogen-bond donors (Lipinski definition) is 7. The maximum absolute atomic E-state index is 13.0. The number of amides is 1. The van der Waals surface area contributed by atoms with E-state index in [1.165, 1.54) is 128 Å². The van der Waals surface area contributed by atoms with E-state index in [1.807, 2.05) is 6.07 Å². The van der Waals surface area contributed by atoms with Crippen molar-refractivity contribution in [3.63, 3.8) is 0 Å². The van der Waals surface area contributed by atoms with Crippen LogP contribution in [-0.2, 0) is 20.7 Å². The minimum absolute atomic E-state index is 0.263. The van der Waals surface area contributed by atoms with Crippen LogP contribution < -0.4 is 5.32 Å². The molecule has 1 heterocycles. The summed E-state index contributed by atoms with van der Waals surface area (Å²) in [5.41, 5.74) is 1.33. The van der Waals surface area contributed by atoms with Gasteiger partial charge in [-0.15, -0.1) is 0 Å². The van der Waals surface area contributed by atoms with Crippen LogP contribution in [0.15, 0.2) is 30.3 Å². The number of benzene rings is 1. The Balaban J connectivity index is 1.58. The van der Waals surface area contributed by atoms with Gasteiger partial charge in [0.25, 0.3) is 0 Å². The fourth-order valence-corrected chi connectivity index (χ4v) is 8.28. The molecule has 10 nitrogen and oxygen atoms in total. The van der Waals surface area contributed by atoms with Gasteiger partial charge in [0.2, 0.25) is 5.91 Å². The number of carbonyl (C=O) groups is 1. The largest absolute Gasteiger partial charge is 0.394 e. The van der Waals surface area contributed by atoms with E-state index in [9.17, 15) is 35.4 Å². The first kappa shape index (κ1) is 53.5. The van der Waals surface area contributed by atoms with Gasteiger partial charge in [0, 0.05) is 6.42 Å². The SMILES string of the molecule is CCCCCCCCCCCCCCCCCCCCCCCCCC(=O)N[C@@H](CO[C@H]1O[C@H](CO)[C@H](O)[C@H](O)[C@H]1O)[C@H](O)[C@H](O)CCCCCCCc1ccccc1. The summed E-state index contributed by atoms with van der Waals surface area (Å²) in [5, 5.41) is 65.2. The van der Waals surface area contributed by atoms with Gasteiger partial charge in [-0.05, 0) is 31.2 Å². The highest BCUT2D eigenvalue weighted by Gasteiger charge is 2.44. The lowest BCUT2D eigenvalue weighted by molar-refractivity contribution is -0.303. The van der Waals surface area contributed by atoms with Crippen LogP contribution in [0.5, 0.6) is 0 Å². The normalized spacial score (nSPS) is 21.0. The van der Waals surface area contributed by atoms with E-state index < -0.39 is 55.6 Å². The molecule has 0 radical (unpaired) electrons. The second-order valence-corrected chi connectivity index (χ2v) is 17.6. The zero-order valence-corrected chi connectivity index (χ0v) is 37.2. The topological polar surface area (TPSA) is 169 Å². The molecule has 1 aliphatic rings. The molecule has 344 valence electrons. The minimum atomic E-state index is -1.61. The fourth-order valence-electron chi connectivity index (χ4n) is 8.28. The third-order valence-corrected chi connectivity index (χ3v) is 12.3. The second-order valence-electron chi connectivity index (χ2n) is 17.6. The van der Waals surface area contributed by atoms with Crippen molar-refractivity contribution in [1.82, 2.24) is 5.32 Å². The molecule has 0 saturated carbocycles. The number of unbranched alkanes of at least 4 members (excludes halogenated alkanes) is 26. The first-order valence-corrected chi connectivity index (χ1v) is 24.4. The van der Waals surface area contributed by atoms with Crippen molar-refractivity contribution >= 4 is 5.91 Å². The van der Waals surface area contributed by atoms with Gasteiger partial charge in [-0.1, -0.05) is 204 Å². The molecule has 1 aliphatic heterocycles. The summed E-state index contributed by atoms with van der Waals surface area (Å²) < 4.78 is 11.2. The van der Waals surface area contributed by atoms with Gasteiger partial charge in [0.1, 0.15) is 30.5 Å². The predicted octanol–water partition coefficient (Wildman–Crippen LogP) is 8.98. The Labute approximate surface area is 359 Å². The van der Waals surface area contributed by atoms with Gasteiger partial charge in [-0.2, -0.15) is 0 Å². The van der Waals surface area contributed by atoms with Crippen molar-refractivity contribution in [2.45, 2.75) is 255 Å². The summed E-state index contributed by atoms with van der Waals surface area (Å²) in [6.45, 7) is 1.37. The Morgan fingerprint density at radius 3 is 1.58 bits per heavy atom. The molecule has 0 aliphatic carbocycles. The Kier molecular flexibility index (Phi) is 32.6. The number of hydrogen-bond acceptors (Lipinski definition) is 9. The molecule has 8 atom stereocenters. The molecule has 2 rings (SSSR count). The molecule has 1 saturated heterocycles. The number of aliphatic hydroxyl groups is 6. The van der Waals surface area contributed by atoms with E-state index in [1.54, 1.807) is 0 Å². The lowest BCUT2D eigenvalue weighted by Crippen LogP contribution is -2.60. The summed E-state index contributed by atoms with van der Waals surface area (Å²) in [6.07, 6.45) is 26.8. The molecule has 0 aromatic heterocycles. The van der Waals surface area contributed by atoms with Crippen LogP contribution in [0.2, 0.25) is 0 Å². The average Bonchev–Trinajstić information content (AvgIpc) is 3.24. The summed E-state index contributed by atoms with van der Waals surface area (Å²) in [6, 6.07) is 9.40. The predicted molar refractivity (Wildman–Crippen MR) is 238 cm³/mol. The highest BCUT2D eigenvalue weighted by molar-refractivity contribution is 5.76. The summed E-state index contributed by atoms with van der Waals surface area (Å²) >= 11 is 0. The maximum Gasteiger partial charge on any atom is 0.220 e. The quantitative estimate of drug-likeness (QED) is 0.0320. The van der Waals surface area contributed by atoms with E-state index in [0.717, 1.165) is 57.8 Å². The molecule has 1 aromatic rings. The molecule has 1 fully saturated rings. The van der Waals surface area contributed by atoms with Gasteiger partial charge in [0.05, 0.1) is 25.4 Å². The molecule has 1 amide bonds. The Hall–Kier alpha value is -1.63. The first-order chi connectivity index (χ1) is 28.8. The number of ether oxygens (including phenoxy) is 2. The molecular formula is C49H89NO9. The van der Waals surface area contributed by atoms with Crippen LogP contribution in [0.1, 0.15) is 205 Å². The number of nitrogens with one attached hydrogen (secondary N) is 1. The Morgan fingerprint density at radius 2 is 1.08 bits per heavy atom. The second kappa shape index (κ2) is 35.9. The van der Waals surface area contributed by atoms with Crippen LogP contribution in [-0.4, -0.2) is 98.7 Å². The van der Waals surface area contributed by atoms with Gasteiger partial charge < -0.3 is 45.4 Å².